The van der Waals surface area contributed by atoms with Crippen LogP contribution in [0.5, 0.6) is 0 Å². The van der Waals surface area contributed by atoms with E-state index in [0.717, 1.165) is 0 Å². The van der Waals surface area contributed by atoms with Gasteiger partial charge in [-0.3, -0.25) is 5.32 Å². The van der Waals surface area contributed by atoms with Crippen LogP contribution in [0.2, 0.25) is 0 Å². The highest BCUT2D eigenvalue weighted by Gasteiger charge is 2.19. The van der Waals surface area contributed by atoms with Gasteiger partial charge in [0, 0.05) is 7.05 Å². The van der Waals surface area contributed by atoms with E-state index in [1.807, 2.05) is 0 Å². The Morgan fingerprint density at radius 1 is 1.43 bits per heavy atom. The number of hydrogen-bond acceptors (Lipinski definition) is 3. The molecule has 4 nitrogen and oxygen atoms in total. The highest BCUT2D eigenvalue weighted by atomic mass is 19.3. The Balaban J connectivity index is 2.59. The van der Waals surface area contributed by atoms with E-state index in [1.54, 1.807) is 24.9 Å². The molecular formula is C8H14F2N4. The van der Waals surface area contributed by atoms with Crippen molar-refractivity contribution in [1.82, 2.24) is 20.1 Å². The highest BCUT2D eigenvalue weighted by Crippen LogP contribution is 2.10. The molecule has 0 fully saturated rings. The lowest BCUT2D eigenvalue weighted by Crippen LogP contribution is -2.35. The largest absolute Gasteiger partial charge is 0.319 e. The molecule has 2 atom stereocenters. The molecule has 1 heterocycles. The van der Waals surface area contributed by atoms with Gasteiger partial charge in [-0.15, -0.1) is 10.2 Å². The van der Waals surface area contributed by atoms with E-state index >= 15 is 0 Å². The molecular weight excluding hydrogens is 190 g/mol. The molecule has 0 spiro atoms. The van der Waals surface area contributed by atoms with Crippen LogP contribution in [0, 0.1) is 0 Å². The van der Waals surface area contributed by atoms with Crippen molar-refractivity contribution in [2.75, 3.05) is 0 Å². The monoisotopic (exact) mass is 204 g/mol. The summed E-state index contributed by atoms with van der Waals surface area (Å²) in [5, 5.41) is 10.3. The second-order valence-corrected chi connectivity index (χ2v) is 3.31. The fourth-order valence-corrected chi connectivity index (χ4v) is 1.23. The summed E-state index contributed by atoms with van der Waals surface area (Å²) in [6, 6.07) is -1.08. The fourth-order valence-electron chi connectivity index (χ4n) is 1.23. The van der Waals surface area contributed by atoms with Gasteiger partial charge in [0.05, 0.1) is 12.1 Å². The molecule has 1 N–H and O–H groups in total. The van der Waals surface area contributed by atoms with Gasteiger partial charge in [-0.05, 0) is 13.8 Å². The number of nitrogens with zero attached hydrogens (tertiary/aromatic N) is 3. The number of aromatic nitrogens is 3. The number of aryl methyl sites for hydroxylation is 1. The lowest BCUT2D eigenvalue weighted by atomic mass is 10.2. The van der Waals surface area contributed by atoms with Gasteiger partial charge in [0.1, 0.15) is 12.2 Å². The molecule has 80 valence electrons. The lowest BCUT2D eigenvalue weighted by molar-refractivity contribution is 0.100. The zero-order valence-electron chi connectivity index (χ0n) is 8.41. The molecule has 14 heavy (non-hydrogen) atoms. The van der Waals surface area contributed by atoms with Gasteiger partial charge in [-0.1, -0.05) is 0 Å². The van der Waals surface area contributed by atoms with E-state index in [-0.39, 0.29) is 6.04 Å². The molecule has 1 aromatic rings. The average Bonchev–Trinajstić information content (AvgIpc) is 2.51. The van der Waals surface area contributed by atoms with Crippen LogP contribution in [-0.4, -0.2) is 27.2 Å². The van der Waals surface area contributed by atoms with Crippen LogP contribution in [0.25, 0.3) is 0 Å². The van der Waals surface area contributed by atoms with Crippen LogP contribution in [0.1, 0.15) is 25.7 Å². The molecule has 0 amide bonds. The van der Waals surface area contributed by atoms with Gasteiger partial charge in [0.15, 0.2) is 0 Å². The van der Waals surface area contributed by atoms with Crippen LogP contribution in [0.4, 0.5) is 8.78 Å². The third kappa shape index (κ3) is 2.47. The van der Waals surface area contributed by atoms with Crippen LogP contribution >= 0.6 is 0 Å². The smallest absolute Gasteiger partial charge is 0.253 e. The Labute approximate surface area is 81.3 Å². The molecule has 0 aliphatic carbocycles. The summed E-state index contributed by atoms with van der Waals surface area (Å²) >= 11 is 0. The summed E-state index contributed by atoms with van der Waals surface area (Å²) in [7, 11) is 1.78. The van der Waals surface area contributed by atoms with Crippen molar-refractivity contribution in [3.63, 3.8) is 0 Å². The zero-order valence-corrected chi connectivity index (χ0v) is 8.41. The first-order valence-electron chi connectivity index (χ1n) is 4.40. The van der Waals surface area contributed by atoms with E-state index < -0.39 is 12.5 Å². The molecule has 0 aliphatic rings. The summed E-state index contributed by atoms with van der Waals surface area (Å²) in [6.45, 7) is 3.22. The second-order valence-electron chi connectivity index (χ2n) is 3.31. The normalized spacial score (nSPS) is 15.9. The Morgan fingerprint density at radius 2 is 2.07 bits per heavy atom. The van der Waals surface area contributed by atoms with Crippen LogP contribution in [0.15, 0.2) is 6.33 Å². The standard InChI is InChI=1S/C8H14F2N4/c1-5(7(9)10)12-6(2)8-13-11-4-14(8)3/h4-7,12H,1-3H3. The third-order valence-electron chi connectivity index (χ3n) is 2.02. The molecule has 1 aromatic heterocycles. The van der Waals surface area contributed by atoms with Gasteiger partial charge >= 0.3 is 0 Å². The predicted octanol–water partition coefficient (Wildman–Crippen LogP) is 1.12. The molecule has 0 bridgehead atoms. The van der Waals surface area contributed by atoms with Crippen molar-refractivity contribution in [1.29, 1.82) is 0 Å². The molecule has 0 aliphatic heterocycles. The predicted molar refractivity (Wildman–Crippen MR) is 48.0 cm³/mol. The number of alkyl halides is 2. The molecule has 1 rings (SSSR count). The number of halogens is 2. The van der Waals surface area contributed by atoms with Crippen molar-refractivity contribution in [2.24, 2.45) is 7.05 Å². The Bertz CT molecular complexity index is 287. The molecule has 0 aromatic carbocycles. The van der Waals surface area contributed by atoms with E-state index in [0.29, 0.717) is 5.82 Å². The molecule has 2 unspecified atom stereocenters. The Kier molecular flexibility index (Phi) is 3.51. The first kappa shape index (κ1) is 11.0. The van der Waals surface area contributed by atoms with Gasteiger partial charge in [0.2, 0.25) is 0 Å². The van der Waals surface area contributed by atoms with E-state index in [1.165, 1.54) is 6.92 Å². The summed E-state index contributed by atoms with van der Waals surface area (Å²) in [5.41, 5.74) is 0. The average molecular weight is 204 g/mol. The maximum atomic E-state index is 12.2. The summed E-state index contributed by atoms with van der Waals surface area (Å²) in [5.74, 6) is 0.650. The first-order valence-corrected chi connectivity index (χ1v) is 4.40. The van der Waals surface area contributed by atoms with Crippen molar-refractivity contribution in [2.45, 2.75) is 32.4 Å². The van der Waals surface area contributed by atoms with Crippen LogP contribution in [0.3, 0.4) is 0 Å². The van der Waals surface area contributed by atoms with E-state index in [2.05, 4.69) is 15.5 Å². The van der Waals surface area contributed by atoms with Gasteiger partial charge in [-0.2, -0.15) is 0 Å². The van der Waals surface area contributed by atoms with Gasteiger partial charge < -0.3 is 4.57 Å². The molecule has 0 radical (unpaired) electrons. The maximum Gasteiger partial charge on any atom is 0.253 e. The molecule has 0 saturated heterocycles. The molecule has 0 saturated carbocycles. The maximum absolute atomic E-state index is 12.2. The number of rotatable bonds is 4. The quantitative estimate of drug-likeness (QED) is 0.799. The first-order chi connectivity index (χ1) is 6.52. The highest BCUT2D eigenvalue weighted by molar-refractivity contribution is 4.92. The van der Waals surface area contributed by atoms with Crippen LogP contribution in [-0.2, 0) is 7.05 Å². The van der Waals surface area contributed by atoms with Crippen LogP contribution < -0.4 is 5.32 Å². The number of nitrogens with one attached hydrogen (secondary N) is 1. The summed E-state index contributed by atoms with van der Waals surface area (Å²) < 4.78 is 26.2. The second kappa shape index (κ2) is 4.45. The van der Waals surface area contributed by atoms with Crippen molar-refractivity contribution in [3.05, 3.63) is 12.2 Å². The zero-order chi connectivity index (χ0) is 10.7. The van der Waals surface area contributed by atoms with Gasteiger partial charge in [0.25, 0.3) is 6.43 Å². The van der Waals surface area contributed by atoms with E-state index in [9.17, 15) is 8.78 Å². The van der Waals surface area contributed by atoms with Crippen molar-refractivity contribution in [3.8, 4) is 0 Å². The van der Waals surface area contributed by atoms with Crippen molar-refractivity contribution < 1.29 is 8.78 Å². The minimum atomic E-state index is -2.37. The minimum absolute atomic E-state index is 0.230. The SMILES string of the molecule is CC(NC(C)C(F)F)c1nncn1C. The topological polar surface area (TPSA) is 42.7 Å². The molecule has 6 heteroatoms. The van der Waals surface area contributed by atoms with Crippen molar-refractivity contribution >= 4 is 0 Å². The Morgan fingerprint density at radius 3 is 2.50 bits per heavy atom. The third-order valence-corrected chi connectivity index (χ3v) is 2.02. The van der Waals surface area contributed by atoms with Gasteiger partial charge in [-0.25, -0.2) is 8.78 Å². The lowest BCUT2D eigenvalue weighted by Gasteiger charge is -2.18. The fraction of sp³-hybridized carbons (Fsp3) is 0.750. The van der Waals surface area contributed by atoms with E-state index in [4.69, 9.17) is 0 Å². The Hall–Kier alpha value is -1.04. The summed E-state index contributed by atoms with van der Waals surface area (Å²) in [4.78, 5) is 0. The minimum Gasteiger partial charge on any atom is -0.319 e. The number of hydrogen-bond donors (Lipinski definition) is 1. The summed E-state index contributed by atoms with van der Waals surface area (Å²) in [6.07, 6.45) is -0.828.